The average Bonchev–Trinajstić information content (AvgIpc) is 3.20. The number of ether oxygens (including phenoxy) is 1. The van der Waals surface area contributed by atoms with Crippen LogP contribution in [0.15, 0.2) is 60.0 Å². The number of nitrogens with zero attached hydrogens (tertiary/aromatic N) is 3. The van der Waals surface area contributed by atoms with E-state index in [1.54, 1.807) is 24.3 Å². The van der Waals surface area contributed by atoms with Crippen LogP contribution in [0, 0.1) is 0 Å². The number of thioether (sulfide) groups is 1. The highest BCUT2D eigenvalue weighted by atomic mass is 32.2. The lowest BCUT2D eigenvalue weighted by Gasteiger charge is -2.14. The van der Waals surface area contributed by atoms with Gasteiger partial charge in [-0.05, 0) is 30.3 Å². The molecule has 0 aliphatic carbocycles. The van der Waals surface area contributed by atoms with Gasteiger partial charge in [0.1, 0.15) is 18.4 Å². The zero-order valence-electron chi connectivity index (χ0n) is 14.6. The summed E-state index contributed by atoms with van der Waals surface area (Å²) in [5.41, 5.74) is -0.601. The summed E-state index contributed by atoms with van der Waals surface area (Å²) in [5, 5.41) is 6.44. The molecule has 1 heterocycles. The zero-order valence-corrected chi connectivity index (χ0v) is 15.4. The van der Waals surface area contributed by atoms with Crippen molar-refractivity contribution in [3.8, 4) is 11.4 Å². The number of amides is 1. The van der Waals surface area contributed by atoms with Gasteiger partial charge in [-0.2, -0.15) is 18.3 Å². The largest absolute Gasteiger partial charge is 0.496 e. The highest BCUT2D eigenvalue weighted by molar-refractivity contribution is 8.00. The summed E-state index contributed by atoms with van der Waals surface area (Å²) in [6.07, 6.45) is -1.95. The Labute approximate surface area is 162 Å². The Balaban J connectivity index is 1.80. The normalized spacial score (nSPS) is 11.3. The second-order valence-electron chi connectivity index (χ2n) is 5.56. The Kier molecular flexibility index (Phi) is 5.88. The Hall–Kier alpha value is -3.01. The van der Waals surface area contributed by atoms with Crippen LogP contribution >= 0.6 is 11.8 Å². The lowest BCUT2D eigenvalue weighted by Crippen LogP contribution is -2.17. The van der Waals surface area contributed by atoms with Crippen LogP contribution in [0.3, 0.4) is 0 Å². The minimum atomic E-state index is -4.54. The summed E-state index contributed by atoms with van der Waals surface area (Å²) in [5.74, 6) is 0.146. The van der Waals surface area contributed by atoms with Crippen LogP contribution in [0.1, 0.15) is 5.56 Å². The number of hydrogen-bond acceptors (Lipinski definition) is 5. The molecule has 2 aromatic carbocycles. The van der Waals surface area contributed by atoms with Crippen LogP contribution in [-0.2, 0) is 11.0 Å². The molecule has 28 heavy (non-hydrogen) atoms. The highest BCUT2D eigenvalue weighted by Crippen LogP contribution is 2.34. The summed E-state index contributed by atoms with van der Waals surface area (Å²) in [4.78, 5) is 16.9. The van der Waals surface area contributed by atoms with Crippen molar-refractivity contribution in [2.24, 2.45) is 0 Å². The first-order valence-corrected chi connectivity index (χ1v) is 8.99. The topological polar surface area (TPSA) is 69.0 Å². The SMILES string of the molecule is COc1ccccc1SCC(=O)Nc1cc(C(F)(F)F)ccc1-n1cncn1. The number of benzene rings is 2. The molecule has 0 bridgehead atoms. The van der Waals surface area contributed by atoms with E-state index < -0.39 is 17.6 Å². The van der Waals surface area contributed by atoms with Crippen LogP contribution < -0.4 is 10.1 Å². The Morgan fingerprint density at radius 3 is 2.71 bits per heavy atom. The Morgan fingerprint density at radius 1 is 1.25 bits per heavy atom. The van der Waals surface area contributed by atoms with E-state index in [1.807, 2.05) is 0 Å². The number of hydrogen-bond donors (Lipinski definition) is 1. The first-order valence-electron chi connectivity index (χ1n) is 8.00. The van der Waals surface area contributed by atoms with Crippen molar-refractivity contribution in [2.75, 3.05) is 18.2 Å². The van der Waals surface area contributed by atoms with Gasteiger partial charge in [0.25, 0.3) is 0 Å². The maximum atomic E-state index is 13.1. The molecule has 0 aliphatic rings. The van der Waals surface area contributed by atoms with Crippen molar-refractivity contribution in [3.05, 3.63) is 60.7 Å². The number of anilines is 1. The molecule has 0 radical (unpaired) electrons. The predicted molar refractivity (Wildman–Crippen MR) is 98.7 cm³/mol. The molecule has 3 rings (SSSR count). The quantitative estimate of drug-likeness (QED) is 0.624. The molecule has 146 valence electrons. The first kappa shape index (κ1) is 19.7. The second kappa shape index (κ2) is 8.34. The lowest BCUT2D eigenvalue weighted by atomic mass is 10.1. The van der Waals surface area contributed by atoms with Crippen molar-refractivity contribution in [1.82, 2.24) is 14.8 Å². The minimum Gasteiger partial charge on any atom is -0.496 e. The maximum absolute atomic E-state index is 13.1. The van der Waals surface area contributed by atoms with E-state index in [1.165, 1.54) is 42.3 Å². The van der Waals surface area contributed by atoms with Gasteiger partial charge < -0.3 is 10.1 Å². The van der Waals surface area contributed by atoms with Gasteiger partial charge in [-0.1, -0.05) is 12.1 Å². The molecule has 3 aromatic rings. The molecule has 0 spiro atoms. The van der Waals surface area contributed by atoms with E-state index in [4.69, 9.17) is 4.74 Å². The third-order valence-electron chi connectivity index (χ3n) is 3.69. The monoisotopic (exact) mass is 408 g/mol. The van der Waals surface area contributed by atoms with Crippen molar-refractivity contribution in [2.45, 2.75) is 11.1 Å². The summed E-state index contributed by atoms with van der Waals surface area (Å²) in [7, 11) is 1.52. The molecule has 10 heteroatoms. The number of alkyl halides is 3. The molecule has 1 N–H and O–H groups in total. The van der Waals surface area contributed by atoms with Gasteiger partial charge in [0.2, 0.25) is 5.91 Å². The standard InChI is InChI=1S/C18H15F3N4O2S/c1-27-15-4-2-3-5-16(15)28-9-17(26)24-13-8-12(18(19,20)21)6-7-14(13)25-11-22-10-23-25/h2-8,10-11H,9H2,1H3,(H,24,26). The van der Waals surface area contributed by atoms with Gasteiger partial charge in [0, 0.05) is 4.90 Å². The zero-order chi connectivity index (χ0) is 20.1. The van der Waals surface area contributed by atoms with Gasteiger partial charge in [-0.15, -0.1) is 11.8 Å². The summed E-state index contributed by atoms with van der Waals surface area (Å²) < 4.78 is 45.7. The second-order valence-corrected chi connectivity index (χ2v) is 6.57. The van der Waals surface area contributed by atoms with Crippen LogP contribution in [0.5, 0.6) is 5.75 Å². The van der Waals surface area contributed by atoms with Crippen molar-refractivity contribution in [1.29, 1.82) is 0 Å². The fourth-order valence-corrected chi connectivity index (χ4v) is 3.24. The van der Waals surface area contributed by atoms with Crippen molar-refractivity contribution >= 4 is 23.4 Å². The van der Waals surface area contributed by atoms with Gasteiger partial charge in [-0.3, -0.25) is 4.79 Å². The number of carbonyl (C=O) groups excluding carboxylic acids is 1. The van der Waals surface area contributed by atoms with E-state index in [0.29, 0.717) is 5.75 Å². The third-order valence-corrected chi connectivity index (χ3v) is 4.75. The van der Waals surface area contributed by atoms with Crippen LogP contribution in [0.4, 0.5) is 18.9 Å². The van der Waals surface area contributed by atoms with E-state index in [-0.39, 0.29) is 17.1 Å². The fourth-order valence-electron chi connectivity index (χ4n) is 2.41. The average molecular weight is 408 g/mol. The van der Waals surface area contributed by atoms with Crippen LogP contribution in [0.25, 0.3) is 5.69 Å². The summed E-state index contributed by atoms with van der Waals surface area (Å²) in [6, 6.07) is 10.2. The Bertz CT molecular complexity index is 962. The highest BCUT2D eigenvalue weighted by Gasteiger charge is 2.31. The maximum Gasteiger partial charge on any atom is 0.416 e. The number of halogens is 3. The fraction of sp³-hybridized carbons (Fsp3) is 0.167. The molecule has 0 unspecified atom stereocenters. The molecule has 6 nitrogen and oxygen atoms in total. The summed E-state index contributed by atoms with van der Waals surface area (Å²) in [6.45, 7) is 0. The van der Waals surface area contributed by atoms with E-state index in [9.17, 15) is 18.0 Å². The smallest absolute Gasteiger partial charge is 0.416 e. The minimum absolute atomic E-state index is 0.00653. The van der Waals surface area contributed by atoms with E-state index >= 15 is 0 Å². The molecule has 0 saturated carbocycles. The number of carbonyl (C=O) groups is 1. The number of nitrogens with one attached hydrogen (secondary N) is 1. The van der Waals surface area contributed by atoms with E-state index in [2.05, 4.69) is 15.4 Å². The predicted octanol–water partition coefficient (Wildman–Crippen LogP) is 4.03. The lowest BCUT2D eigenvalue weighted by molar-refractivity contribution is -0.137. The van der Waals surface area contributed by atoms with Crippen molar-refractivity contribution < 1.29 is 22.7 Å². The number of rotatable bonds is 6. The van der Waals surface area contributed by atoms with Crippen molar-refractivity contribution in [3.63, 3.8) is 0 Å². The van der Waals surface area contributed by atoms with Gasteiger partial charge in [0.05, 0.1) is 29.8 Å². The molecular formula is C18H15F3N4O2S. The van der Waals surface area contributed by atoms with Gasteiger partial charge >= 0.3 is 6.18 Å². The van der Waals surface area contributed by atoms with Crippen LogP contribution in [-0.4, -0.2) is 33.5 Å². The molecule has 0 aliphatic heterocycles. The first-order chi connectivity index (χ1) is 13.4. The van der Waals surface area contributed by atoms with Gasteiger partial charge in [0.15, 0.2) is 0 Å². The molecular weight excluding hydrogens is 393 g/mol. The third kappa shape index (κ3) is 4.63. The summed E-state index contributed by atoms with van der Waals surface area (Å²) >= 11 is 1.22. The van der Waals surface area contributed by atoms with E-state index in [0.717, 1.165) is 17.0 Å². The number of methoxy groups -OCH3 is 1. The van der Waals surface area contributed by atoms with Gasteiger partial charge in [-0.25, -0.2) is 9.67 Å². The molecule has 0 saturated heterocycles. The number of para-hydroxylation sites is 1. The van der Waals surface area contributed by atoms with Crippen LogP contribution in [0.2, 0.25) is 0 Å². The molecule has 0 atom stereocenters. The Morgan fingerprint density at radius 2 is 2.04 bits per heavy atom. The molecule has 1 amide bonds. The number of aromatic nitrogens is 3. The molecule has 0 fully saturated rings. The molecule has 1 aromatic heterocycles.